The van der Waals surface area contributed by atoms with Gasteiger partial charge in [-0.3, -0.25) is 4.68 Å². The molecule has 1 aliphatic carbocycles. The van der Waals surface area contributed by atoms with Gasteiger partial charge in [-0.05, 0) is 62.8 Å². The summed E-state index contributed by atoms with van der Waals surface area (Å²) in [5.74, 6) is -1.35. The third-order valence-corrected chi connectivity index (χ3v) is 5.84. The van der Waals surface area contributed by atoms with Crippen molar-refractivity contribution in [2.24, 2.45) is 0 Å². The standard InChI is InChI=1S/C16H9F2N3.C6H8N2.C5H10O/c1-9-2-4-12-15(11-5-3-10(17)6-14(11)18)20-8-21-16(12)13(9)7-19;1-4-7-8(5-1)6-2-3-6;1-2-4-6-5-3-1/h2-6,8H,1H3;1,4-6H,2-3H2;1-5H2. The van der Waals surface area contributed by atoms with Crippen molar-refractivity contribution in [2.45, 2.75) is 45.1 Å². The molecule has 6 nitrogen and oxygen atoms in total. The van der Waals surface area contributed by atoms with Crippen molar-refractivity contribution in [3.63, 3.8) is 0 Å². The lowest BCUT2D eigenvalue weighted by molar-refractivity contribution is 0.0968. The van der Waals surface area contributed by atoms with Crippen molar-refractivity contribution >= 4 is 10.9 Å². The van der Waals surface area contributed by atoms with E-state index >= 15 is 0 Å². The number of ether oxygens (including phenoxy) is 1. The minimum atomic E-state index is -0.700. The summed E-state index contributed by atoms with van der Waals surface area (Å²) in [6, 6.07) is 11.6. The Balaban J connectivity index is 0.000000166. The first-order valence-electron chi connectivity index (χ1n) is 11.7. The summed E-state index contributed by atoms with van der Waals surface area (Å²) < 4.78 is 34.1. The third kappa shape index (κ3) is 6.25. The first kappa shape index (κ1) is 24.4. The fourth-order valence-electron chi connectivity index (χ4n) is 3.79. The summed E-state index contributed by atoms with van der Waals surface area (Å²) in [7, 11) is 0. The predicted octanol–water partition coefficient (Wildman–Crippen LogP) is 6.16. The van der Waals surface area contributed by atoms with E-state index in [1.165, 1.54) is 50.6 Å². The van der Waals surface area contributed by atoms with Gasteiger partial charge < -0.3 is 4.74 Å². The Morgan fingerprint density at radius 1 is 1.06 bits per heavy atom. The van der Waals surface area contributed by atoms with Crippen LogP contribution in [-0.4, -0.2) is 33.0 Å². The number of hydrogen-bond acceptors (Lipinski definition) is 5. The number of benzene rings is 2. The second kappa shape index (κ2) is 11.6. The number of halogens is 2. The lowest BCUT2D eigenvalue weighted by Gasteiger charge is -2.08. The van der Waals surface area contributed by atoms with Crippen molar-refractivity contribution in [3.05, 3.63) is 77.9 Å². The molecular weight excluding hydrogens is 448 g/mol. The average Bonchev–Trinajstić information content (AvgIpc) is 3.59. The van der Waals surface area contributed by atoms with Gasteiger partial charge in [0.05, 0.1) is 22.8 Å². The molecule has 1 aliphatic heterocycles. The molecule has 0 amide bonds. The molecule has 0 N–H and O–H groups in total. The van der Waals surface area contributed by atoms with Gasteiger partial charge in [0.1, 0.15) is 24.0 Å². The van der Waals surface area contributed by atoms with Crippen LogP contribution < -0.4 is 0 Å². The van der Waals surface area contributed by atoms with Crippen LogP contribution in [0.2, 0.25) is 0 Å². The van der Waals surface area contributed by atoms with Crippen LogP contribution in [0, 0.1) is 29.9 Å². The van der Waals surface area contributed by atoms with Gasteiger partial charge in [-0.15, -0.1) is 0 Å². The van der Waals surface area contributed by atoms with Crippen LogP contribution in [0.5, 0.6) is 0 Å². The zero-order valence-electron chi connectivity index (χ0n) is 19.6. The summed E-state index contributed by atoms with van der Waals surface area (Å²) in [6.07, 6.45) is 11.7. The van der Waals surface area contributed by atoms with E-state index < -0.39 is 11.6 Å². The molecule has 2 aliphatic rings. The van der Waals surface area contributed by atoms with Crippen LogP contribution in [0.1, 0.15) is 49.3 Å². The monoisotopic (exact) mass is 475 g/mol. The minimum Gasteiger partial charge on any atom is -0.381 e. The Labute approximate surface area is 203 Å². The molecule has 2 aromatic carbocycles. The molecule has 180 valence electrons. The van der Waals surface area contributed by atoms with E-state index in [4.69, 9.17) is 4.74 Å². The van der Waals surface area contributed by atoms with Gasteiger partial charge in [0, 0.05) is 42.6 Å². The van der Waals surface area contributed by atoms with Crippen LogP contribution in [0.15, 0.2) is 55.1 Å². The van der Waals surface area contributed by atoms with Gasteiger partial charge >= 0.3 is 0 Å². The van der Waals surface area contributed by atoms with E-state index in [0.717, 1.165) is 30.9 Å². The molecule has 2 aromatic heterocycles. The molecule has 8 heteroatoms. The molecule has 6 rings (SSSR count). The van der Waals surface area contributed by atoms with E-state index in [-0.39, 0.29) is 5.56 Å². The predicted molar refractivity (Wildman–Crippen MR) is 130 cm³/mol. The van der Waals surface area contributed by atoms with E-state index in [1.807, 2.05) is 23.1 Å². The lowest BCUT2D eigenvalue weighted by atomic mass is 10.0. The summed E-state index contributed by atoms with van der Waals surface area (Å²) in [4.78, 5) is 8.21. The number of nitriles is 1. The van der Waals surface area contributed by atoms with Crippen LogP contribution in [0.4, 0.5) is 8.78 Å². The van der Waals surface area contributed by atoms with Gasteiger partial charge in [-0.25, -0.2) is 18.7 Å². The Hall–Kier alpha value is -3.70. The molecular formula is C27H27F2N5O. The number of aryl methyl sites for hydroxylation is 1. The third-order valence-electron chi connectivity index (χ3n) is 5.84. The summed E-state index contributed by atoms with van der Waals surface area (Å²) in [5.41, 5.74) is 2.20. The quantitative estimate of drug-likeness (QED) is 0.347. The SMILES string of the molecule is C1CCOCC1.Cc1ccc2c(-c3ccc(F)cc3F)ncnc2c1C#N.c1cnn(C2CC2)c1. The van der Waals surface area contributed by atoms with E-state index in [1.54, 1.807) is 19.1 Å². The minimum absolute atomic E-state index is 0.177. The topological polar surface area (TPSA) is 76.6 Å². The van der Waals surface area contributed by atoms with Crippen LogP contribution in [0.3, 0.4) is 0 Å². The van der Waals surface area contributed by atoms with E-state index in [0.29, 0.717) is 22.2 Å². The number of nitrogens with zero attached hydrogens (tertiary/aromatic N) is 5. The van der Waals surface area contributed by atoms with Crippen molar-refractivity contribution in [1.82, 2.24) is 19.7 Å². The van der Waals surface area contributed by atoms with Crippen LogP contribution >= 0.6 is 0 Å². The lowest BCUT2D eigenvalue weighted by Crippen LogP contribution is -2.03. The van der Waals surface area contributed by atoms with Gasteiger partial charge in [0.25, 0.3) is 0 Å². The van der Waals surface area contributed by atoms with E-state index in [9.17, 15) is 14.0 Å². The van der Waals surface area contributed by atoms with Crippen molar-refractivity contribution in [2.75, 3.05) is 13.2 Å². The Morgan fingerprint density at radius 2 is 1.86 bits per heavy atom. The largest absolute Gasteiger partial charge is 0.381 e. The Morgan fingerprint density at radius 3 is 2.43 bits per heavy atom. The second-order valence-electron chi connectivity index (χ2n) is 8.50. The first-order valence-corrected chi connectivity index (χ1v) is 11.7. The van der Waals surface area contributed by atoms with Gasteiger partial charge in [0.2, 0.25) is 0 Å². The molecule has 0 bridgehead atoms. The molecule has 4 aromatic rings. The molecule has 0 unspecified atom stereocenters. The number of rotatable bonds is 2. The summed E-state index contributed by atoms with van der Waals surface area (Å²) in [5, 5.41) is 13.9. The highest BCUT2D eigenvalue weighted by molar-refractivity contribution is 5.95. The van der Waals surface area contributed by atoms with Crippen LogP contribution in [0.25, 0.3) is 22.2 Å². The van der Waals surface area contributed by atoms with Crippen molar-refractivity contribution in [1.29, 1.82) is 5.26 Å². The molecule has 1 saturated carbocycles. The maximum Gasteiger partial charge on any atom is 0.135 e. The Bertz CT molecular complexity index is 1300. The average molecular weight is 476 g/mol. The number of aromatic nitrogens is 4. The maximum absolute atomic E-state index is 14.0. The fraction of sp³-hybridized carbons (Fsp3) is 0.333. The van der Waals surface area contributed by atoms with Crippen LogP contribution in [-0.2, 0) is 4.74 Å². The van der Waals surface area contributed by atoms with E-state index in [2.05, 4.69) is 21.1 Å². The highest BCUT2D eigenvalue weighted by atomic mass is 19.1. The zero-order chi connectivity index (χ0) is 24.6. The van der Waals surface area contributed by atoms with Crippen molar-refractivity contribution < 1.29 is 13.5 Å². The second-order valence-corrected chi connectivity index (χ2v) is 8.50. The highest BCUT2D eigenvalue weighted by Crippen LogP contribution is 2.33. The molecule has 0 radical (unpaired) electrons. The molecule has 0 spiro atoms. The molecule has 1 saturated heterocycles. The number of hydrogen-bond donors (Lipinski definition) is 0. The van der Waals surface area contributed by atoms with Gasteiger partial charge in [0.15, 0.2) is 0 Å². The summed E-state index contributed by atoms with van der Waals surface area (Å²) >= 11 is 0. The first-order chi connectivity index (χ1) is 17.1. The molecule has 35 heavy (non-hydrogen) atoms. The van der Waals surface area contributed by atoms with Gasteiger partial charge in [-0.1, -0.05) is 12.1 Å². The highest BCUT2D eigenvalue weighted by Gasteiger charge is 2.23. The molecule has 0 atom stereocenters. The maximum atomic E-state index is 14.0. The normalized spacial score (nSPS) is 14.8. The van der Waals surface area contributed by atoms with Gasteiger partial charge in [-0.2, -0.15) is 10.4 Å². The number of fused-ring (bicyclic) bond motifs is 1. The zero-order valence-corrected chi connectivity index (χ0v) is 19.6. The fourth-order valence-corrected chi connectivity index (χ4v) is 3.79. The van der Waals surface area contributed by atoms with Crippen molar-refractivity contribution in [3.8, 4) is 17.3 Å². The summed E-state index contributed by atoms with van der Waals surface area (Å²) in [6.45, 7) is 3.80. The smallest absolute Gasteiger partial charge is 0.135 e. The molecule has 3 heterocycles. The Kier molecular flexibility index (Phi) is 8.11. The molecule has 2 fully saturated rings.